The van der Waals surface area contributed by atoms with E-state index in [0.717, 1.165) is 59.1 Å². The number of imidazole rings is 1. The molecule has 7 heteroatoms. The lowest BCUT2D eigenvalue weighted by Gasteiger charge is -2.22. The summed E-state index contributed by atoms with van der Waals surface area (Å²) < 4.78 is 17.3. The molecular weight excluding hydrogens is 403 g/mol. The van der Waals surface area contributed by atoms with Gasteiger partial charge in [-0.3, -0.25) is 4.98 Å². The molecular formula is C25H25FN6. The van der Waals surface area contributed by atoms with Gasteiger partial charge in [-0.05, 0) is 75.1 Å². The first-order valence-electron chi connectivity index (χ1n) is 10.9. The summed E-state index contributed by atoms with van der Waals surface area (Å²) in [6.45, 7) is 6.85. The average Bonchev–Trinajstić information content (AvgIpc) is 3.39. The minimum Gasteiger partial charge on any atom is -0.304 e. The molecule has 3 aromatic heterocycles. The molecule has 32 heavy (non-hydrogen) atoms. The number of rotatable bonds is 4. The van der Waals surface area contributed by atoms with E-state index in [-0.39, 0.29) is 11.7 Å². The van der Waals surface area contributed by atoms with Crippen LogP contribution in [0.15, 0.2) is 48.9 Å². The van der Waals surface area contributed by atoms with E-state index in [9.17, 15) is 4.39 Å². The van der Waals surface area contributed by atoms with Crippen LogP contribution < -0.4 is 0 Å². The molecule has 0 saturated heterocycles. The minimum atomic E-state index is -0.220. The molecule has 0 saturated carbocycles. The highest BCUT2D eigenvalue weighted by Crippen LogP contribution is 2.32. The second-order valence-corrected chi connectivity index (χ2v) is 8.35. The van der Waals surface area contributed by atoms with Gasteiger partial charge < -0.3 is 4.57 Å². The fourth-order valence-corrected chi connectivity index (χ4v) is 4.31. The Morgan fingerprint density at radius 1 is 1.09 bits per heavy atom. The van der Waals surface area contributed by atoms with Crippen LogP contribution in [-0.2, 0) is 6.54 Å². The van der Waals surface area contributed by atoms with Crippen LogP contribution in [0.1, 0.15) is 60.0 Å². The third kappa shape index (κ3) is 3.86. The summed E-state index contributed by atoms with van der Waals surface area (Å²) in [6, 6.07) is 10.8. The van der Waals surface area contributed by atoms with Gasteiger partial charge in [-0.1, -0.05) is 12.1 Å². The Bertz CT molecular complexity index is 1300. The molecule has 0 N–H and O–H groups in total. The lowest BCUT2D eigenvalue weighted by Crippen LogP contribution is -2.17. The van der Waals surface area contributed by atoms with Crippen molar-refractivity contribution in [3.8, 4) is 5.69 Å². The van der Waals surface area contributed by atoms with Crippen molar-refractivity contribution < 1.29 is 4.39 Å². The lowest BCUT2D eigenvalue weighted by molar-refractivity contribution is 0.445. The van der Waals surface area contributed by atoms with Gasteiger partial charge in [0.05, 0.1) is 29.1 Å². The maximum Gasteiger partial charge on any atom is 0.174 e. The van der Waals surface area contributed by atoms with Gasteiger partial charge in [0, 0.05) is 18.7 Å². The number of pyridine rings is 1. The Morgan fingerprint density at radius 2 is 1.91 bits per heavy atom. The Morgan fingerprint density at radius 3 is 2.62 bits per heavy atom. The molecule has 1 aromatic carbocycles. The first-order chi connectivity index (χ1) is 15.5. The second-order valence-electron chi connectivity index (χ2n) is 8.35. The molecule has 4 heterocycles. The fourth-order valence-electron chi connectivity index (χ4n) is 4.31. The van der Waals surface area contributed by atoms with Crippen LogP contribution in [0.25, 0.3) is 17.3 Å². The van der Waals surface area contributed by atoms with Crippen molar-refractivity contribution in [2.24, 2.45) is 0 Å². The monoisotopic (exact) mass is 428 g/mol. The van der Waals surface area contributed by atoms with Crippen molar-refractivity contribution in [3.63, 3.8) is 0 Å². The number of aromatic nitrogens is 6. The van der Waals surface area contributed by atoms with E-state index < -0.39 is 0 Å². The third-order valence-corrected chi connectivity index (χ3v) is 5.96. The smallest absolute Gasteiger partial charge is 0.174 e. The van der Waals surface area contributed by atoms with Crippen LogP contribution in [-0.4, -0.2) is 29.3 Å². The van der Waals surface area contributed by atoms with Crippen LogP contribution in [0.2, 0.25) is 0 Å². The van der Waals surface area contributed by atoms with Crippen molar-refractivity contribution in [1.29, 1.82) is 0 Å². The second kappa shape index (κ2) is 8.15. The van der Waals surface area contributed by atoms with E-state index >= 15 is 0 Å². The van der Waals surface area contributed by atoms with E-state index in [0.29, 0.717) is 5.82 Å². The number of benzene rings is 1. The molecule has 0 bridgehead atoms. The van der Waals surface area contributed by atoms with E-state index in [1.807, 2.05) is 60.5 Å². The Kier molecular flexibility index (Phi) is 5.17. The Labute approximate surface area is 186 Å². The molecule has 162 valence electrons. The van der Waals surface area contributed by atoms with Gasteiger partial charge in [-0.25, -0.2) is 19.0 Å². The molecule has 0 fully saturated rings. The number of hydrogen-bond donors (Lipinski definition) is 0. The van der Waals surface area contributed by atoms with Gasteiger partial charge in [0.25, 0.3) is 0 Å². The Balaban J connectivity index is 1.43. The molecule has 0 aliphatic carbocycles. The molecule has 1 aliphatic rings. The summed E-state index contributed by atoms with van der Waals surface area (Å²) >= 11 is 0. The van der Waals surface area contributed by atoms with Crippen LogP contribution in [0, 0.1) is 19.7 Å². The van der Waals surface area contributed by atoms with Gasteiger partial charge in [0.15, 0.2) is 5.82 Å². The highest BCUT2D eigenvalue weighted by Gasteiger charge is 2.25. The molecule has 0 radical (unpaired) electrons. The minimum absolute atomic E-state index is 0.137. The van der Waals surface area contributed by atoms with Crippen molar-refractivity contribution in [1.82, 2.24) is 29.3 Å². The largest absolute Gasteiger partial charge is 0.304 e. The highest BCUT2D eigenvalue weighted by atomic mass is 19.1. The van der Waals surface area contributed by atoms with Crippen molar-refractivity contribution >= 4 is 11.6 Å². The van der Waals surface area contributed by atoms with E-state index in [4.69, 9.17) is 15.1 Å². The number of aryl methyl sites for hydroxylation is 3. The summed E-state index contributed by atoms with van der Waals surface area (Å²) in [5.74, 6) is 1.54. The van der Waals surface area contributed by atoms with E-state index in [1.165, 1.54) is 12.1 Å². The van der Waals surface area contributed by atoms with E-state index in [1.54, 1.807) is 6.33 Å². The van der Waals surface area contributed by atoms with Crippen molar-refractivity contribution in [2.75, 3.05) is 0 Å². The summed E-state index contributed by atoms with van der Waals surface area (Å²) in [6.07, 6.45) is 7.79. The van der Waals surface area contributed by atoms with E-state index in [2.05, 4.69) is 11.1 Å². The standard InChI is InChI=1S/C25H25FN6/c1-16(22-10-11-23(18(3)28-22)31-14-17(2)27-15-31)13-24-29-25-21(5-4-12-32(25)30-24)19-6-8-20(26)9-7-19/h6-11,13-15,21H,4-5,12H2,1-3H3/b16-13+/t21-/m0/s1. The number of allylic oxidation sites excluding steroid dienone is 1. The molecule has 6 nitrogen and oxygen atoms in total. The number of hydrogen-bond acceptors (Lipinski definition) is 4. The number of fused-ring (bicyclic) bond motifs is 1. The molecule has 4 aromatic rings. The zero-order valence-corrected chi connectivity index (χ0v) is 18.5. The predicted molar refractivity (Wildman–Crippen MR) is 122 cm³/mol. The van der Waals surface area contributed by atoms with Gasteiger partial charge >= 0.3 is 0 Å². The van der Waals surface area contributed by atoms with Gasteiger partial charge in [0.1, 0.15) is 11.6 Å². The Hall–Kier alpha value is -3.61. The van der Waals surface area contributed by atoms with Crippen LogP contribution in [0.5, 0.6) is 0 Å². The molecule has 5 rings (SSSR count). The van der Waals surface area contributed by atoms with Crippen molar-refractivity contribution in [3.05, 3.63) is 89.0 Å². The number of nitrogens with zero attached hydrogens (tertiary/aromatic N) is 6. The molecule has 0 amide bonds. The first-order valence-corrected chi connectivity index (χ1v) is 10.9. The lowest BCUT2D eigenvalue weighted by atomic mass is 9.91. The number of halogens is 1. The summed E-state index contributed by atoms with van der Waals surface area (Å²) in [4.78, 5) is 13.9. The van der Waals surface area contributed by atoms with Gasteiger partial charge in [0.2, 0.25) is 0 Å². The zero-order valence-electron chi connectivity index (χ0n) is 18.5. The summed E-state index contributed by atoms with van der Waals surface area (Å²) in [5.41, 5.74) is 5.89. The highest BCUT2D eigenvalue weighted by molar-refractivity contribution is 5.76. The fraction of sp³-hybridized carbons (Fsp3) is 0.280. The van der Waals surface area contributed by atoms with Gasteiger partial charge in [-0.15, -0.1) is 0 Å². The van der Waals surface area contributed by atoms with Gasteiger partial charge in [-0.2, -0.15) is 5.10 Å². The predicted octanol–water partition coefficient (Wildman–Crippen LogP) is 5.10. The zero-order chi connectivity index (χ0) is 22.2. The third-order valence-electron chi connectivity index (χ3n) is 5.96. The topological polar surface area (TPSA) is 61.4 Å². The molecule has 1 atom stereocenters. The van der Waals surface area contributed by atoms with Crippen molar-refractivity contribution in [2.45, 2.75) is 46.1 Å². The summed E-state index contributed by atoms with van der Waals surface area (Å²) in [5, 5.41) is 4.71. The summed E-state index contributed by atoms with van der Waals surface area (Å²) in [7, 11) is 0. The average molecular weight is 429 g/mol. The quantitative estimate of drug-likeness (QED) is 0.454. The maximum absolute atomic E-state index is 13.4. The van der Waals surface area contributed by atoms with Crippen LogP contribution in [0.4, 0.5) is 4.39 Å². The van der Waals surface area contributed by atoms with Crippen LogP contribution in [0.3, 0.4) is 0 Å². The van der Waals surface area contributed by atoms with Crippen LogP contribution >= 0.6 is 0 Å². The molecule has 1 aliphatic heterocycles. The molecule has 0 spiro atoms. The SMILES string of the molecule is C/C(=C\c1nc2n(n1)CCC[C@H]2c1ccc(F)cc1)c1ccc(-n2cnc(C)c2)c(C)n1. The molecule has 0 unspecified atom stereocenters. The normalized spacial score (nSPS) is 16.2. The first kappa shape index (κ1) is 20.3. The maximum atomic E-state index is 13.4.